The van der Waals surface area contributed by atoms with Crippen molar-refractivity contribution in [3.05, 3.63) is 11.6 Å². The summed E-state index contributed by atoms with van der Waals surface area (Å²) in [5, 5.41) is 0.710. The first kappa shape index (κ1) is 12.2. The first-order valence-corrected chi connectivity index (χ1v) is 4.18. The molecule has 2 nitrogen and oxygen atoms in total. The van der Waals surface area contributed by atoms with E-state index in [2.05, 4.69) is 11.5 Å². The predicted octanol–water partition coefficient (Wildman–Crippen LogP) is 1.88. The fourth-order valence-corrected chi connectivity index (χ4v) is 1.54. The Kier molecular flexibility index (Phi) is 5.93. The van der Waals surface area contributed by atoms with Crippen LogP contribution in [0.2, 0.25) is 0 Å². The molecule has 0 N–H and O–H groups in total. The number of methoxy groups -OCH3 is 1. The largest absolute Gasteiger partial charge is 0.380 e. The number of hydrogen-bond donors (Lipinski definition) is 0. The van der Waals surface area contributed by atoms with Crippen LogP contribution in [0.25, 0.3) is 0 Å². The number of ether oxygens (including phenoxy) is 1. The summed E-state index contributed by atoms with van der Waals surface area (Å²) < 4.78 is 5.21. The van der Waals surface area contributed by atoms with Gasteiger partial charge in [-0.05, 0) is 6.42 Å². The lowest BCUT2D eigenvalue weighted by Crippen LogP contribution is -2.23. The van der Waals surface area contributed by atoms with Crippen molar-refractivity contribution in [1.82, 2.24) is 4.90 Å². The van der Waals surface area contributed by atoms with Gasteiger partial charge in [0.1, 0.15) is 0 Å². The summed E-state index contributed by atoms with van der Waals surface area (Å²) >= 11 is 5.67. The number of hydrogen-bond acceptors (Lipinski definition) is 2. The molecule has 1 aliphatic rings. The van der Waals surface area contributed by atoms with Crippen molar-refractivity contribution in [2.45, 2.75) is 12.5 Å². The summed E-state index contributed by atoms with van der Waals surface area (Å²) in [4.78, 5) is 2.25. The van der Waals surface area contributed by atoms with E-state index < -0.39 is 0 Å². The van der Waals surface area contributed by atoms with Crippen LogP contribution in [0.15, 0.2) is 11.6 Å². The molecule has 0 aromatic carbocycles. The van der Waals surface area contributed by atoms with E-state index in [-0.39, 0.29) is 12.4 Å². The molecule has 1 heterocycles. The highest BCUT2D eigenvalue weighted by atomic mass is 35.5. The van der Waals surface area contributed by atoms with Crippen molar-refractivity contribution >= 4 is 24.0 Å². The van der Waals surface area contributed by atoms with Gasteiger partial charge >= 0.3 is 0 Å². The fourth-order valence-electron chi connectivity index (χ4n) is 1.38. The molecule has 1 aliphatic heterocycles. The molecule has 1 rings (SSSR count). The van der Waals surface area contributed by atoms with Crippen LogP contribution >= 0.6 is 24.0 Å². The van der Waals surface area contributed by atoms with E-state index in [1.54, 1.807) is 7.11 Å². The second-order valence-corrected chi connectivity index (χ2v) is 3.43. The van der Waals surface area contributed by atoms with Gasteiger partial charge in [-0.2, -0.15) is 0 Å². The van der Waals surface area contributed by atoms with Crippen LogP contribution in [-0.2, 0) is 4.74 Å². The number of halogens is 2. The van der Waals surface area contributed by atoms with Crippen molar-refractivity contribution in [3.8, 4) is 0 Å². The lowest BCUT2D eigenvalue weighted by molar-refractivity contribution is 0.109. The fraction of sp³-hybridized carbons (Fsp3) is 0.750. The maximum absolute atomic E-state index is 5.67. The summed E-state index contributed by atoms with van der Waals surface area (Å²) in [6.07, 6.45) is 1.51. The van der Waals surface area contributed by atoms with Gasteiger partial charge in [-0.15, -0.1) is 12.4 Å². The monoisotopic (exact) mass is 211 g/mol. The van der Waals surface area contributed by atoms with Gasteiger partial charge in [0, 0.05) is 31.8 Å². The molecular formula is C8H15Cl2NO. The van der Waals surface area contributed by atoms with Crippen molar-refractivity contribution in [2.24, 2.45) is 0 Å². The standard InChI is InChI=1S/C8H14ClNO.ClH/c1-7(9)5-10-4-3-8(6-10)11-2;/h8H,1,3-6H2,2H3;1H/t8-;/m1./s1. The summed E-state index contributed by atoms with van der Waals surface area (Å²) in [5.41, 5.74) is 0. The molecule has 1 atom stereocenters. The van der Waals surface area contributed by atoms with Crippen molar-refractivity contribution in [3.63, 3.8) is 0 Å². The van der Waals surface area contributed by atoms with E-state index in [0.29, 0.717) is 11.1 Å². The Morgan fingerprint density at radius 1 is 1.75 bits per heavy atom. The molecule has 0 unspecified atom stereocenters. The Hall–Kier alpha value is 0.240. The highest BCUT2D eigenvalue weighted by Crippen LogP contribution is 2.13. The first-order valence-electron chi connectivity index (χ1n) is 3.81. The second-order valence-electron chi connectivity index (χ2n) is 2.90. The molecule has 12 heavy (non-hydrogen) atoms. The van der Waals surface area contributed by atoms with Crippen LogP contribution in [0.3, 0.4) is 0 Å². The highest BCUT2D eigenvalue weighted by molar-refractivity contribution is 6.29. The molecule has 0 amide bonds. The minimum Gasteiger partial charge on any atom is -0.380 e. The molecule has 0 aromatic heterocycles. The molecule has 0 aliphatic carbocycles. The third kappa shape index (κ3) is 3.76. The Balaban J connectivity index is 0.00000121. The Morgan fingerprint density at radius 2 is 2.42 bits per heavy atom. The van der Waals surface area contributed by atoms with Crippen LogP contribution in [0, 0.1) is 0 Å². The molecule has 4 heteroatoms. The lowest BCUT2D eigenvalue weighted by Gasteiger charge is -2.13. The molecule has 0 bridgehead atoms. The Labute approximate surface area is 84.9 Å². The van der Waals surface area contributed by atoms with Gasteiger partial charge in [0.05, 0.1) is 6.10 Å². The zero-order valence-electron chi connectivity index (χ0n) is 7.25. The molecule has 0 saturated carbocycles. The molecular weight excluding hydrogens is 197 g/mol. The van der Waals surface area contributed by atoms with Crippen LogP contribution in [-0.4, -0.2) is 37.7 Å². The molecule has 72 valence electrons. The molecule has 1 fully saturated rings. The molecule has 1 saturated heterocycles. The van der Waals surface area contributed by atoms with Gasteiger partial charge in [0.25, 0.3) is 0 Å². The van der Waals surface area contributed by atoms with Crippen LogP contribution in [0.5, 0.6) is 0 Å². The first-order chi connectivity index (χ1) is 5.22. The van der Waals surface area contributed by atoms with E-state index >= 15 is 0 Å². The zero-order valence-corrected chi connectivity index (χ0v) is 8.83. The van der Waals surface area contributed by atoms with Gasteiger partial charge in [-0.3, -0.25) is 4.90 Å². The zero-order chi connectivity index (χ0) is 8.27. The Bertz CT molecular complexity index is 152. The number of rotatable bonds is 3. The maximum Gasteiger partial charge on any atom is 0.0710 e. The van der Waals surface area contributed by atoms with E-state index in [1.165, 1.54) is 0 Å². The molecule has 0 radical (unpaired) electrons. The van der Waals surface area contributed by atoms with E-state index in [1.807, 2.05) is 0 Å². The average Bonchev–Trinajstić information content (AvgIpc) is 2.34. The SMILES string of the molecule is C=C(Cl)CN1CC[C@@H](OC)C1.Cl. The van der Waals surface area contributed by atoms with Gasteiger partial charge in [-0.25, -0.2) is 0 Å². The van der Waals surface area contributed by atoms with Crippen molar-refractivity contribution in [2.75, 3.05) is 26.7 Å². The van der Waals surface area contributed by atoms with Crippen LogP contribution < -0.4 is 0 Å². The number of likely N-dealkylation sites (tertiary alicyclic amines) is 1. The molecule has 0 spiro atoms. The van der Waals surface area contributed by atoms with E-state index in [4.69, 9.17) is 16.3 Å². The van der Waals surface area contributed by atoms with Crippen molar-refractivity contribution in [1.29, 1.82) is 0 Å². The normalized spacial score (nSPS) is 23.7. The highest BCUT2D eigenvalue weighted by Gasteiger charge is 2.21. The van der Waals surface area contributed by atoms with Crippen molar-refractivity contribution < 1.29 is 4.74 Å². The van der Waals surface area contributed by atoms with E-state index in [9.17, 15) is 0 Å². The second kappa shape index (κ2) is 5.81. The minimum atomic E-state index is 0. The van der Waals surface area contributed by atoms with Gasteiger partial charge in [-0.1, -0.05) is 18.2 Å². The quantitative estimate of drug-likeness (QED) is 0.708. The van der Waals surface area contributed by atoms with Gasteiger partial charge < -0.3 is 4.74 Å². The van der Waals surface area contributed by atoms with E-state index in [0.717, 1.165) is 26.1 Å². The number of nitrogens with zero attached hydrogens (tertiary/aromatic N) is 1. The topological polar surface area (TPSA) is 12.5 Å². The summed E-state index contributed by atoms with van der Waals surface area (Å²) in [5.74, 6) is 0. The van der Waals surface area contributed by atoms with Gasteiger partial charge in [0.15, 0.2) is 0 Å². The Morgan fingerprint density at radius 3 is 2.83 bits per heavy atom. The predicted molar refractivity (Wildman–Crippen MR) is 54.1 cm³/mol. The third-order valence-corrected chi connectivity index (χ3v) is 2.08. The third-order valence-electron chi connectivity index (χ3n) is 1.96. The lowest BCUT2D eigenvalue weighted by atomic mass is 10.3. The van der Waals surface area contributed by atoms with Crippen LogP contribution in [0.1, 0.15) is 6.42 Å². The maximum atomic E-state index is 5.67. The summed E-state index contributed by atoms with van der Waals surface area (Å²) in [7, 11) is 1.75. The molecule has 0 aromatic rings. The van der Waals surface area contributed by atoms with Crippen LogP contribution in [0.4, 0.5) is 0 Å². The smallest absolute Gasteiger partial charge is 0.0710 e. The summed E-state index contributed by atoms with van der Waals surface area (Å²) in [6, 6.07) is 0. The summed E-state index contributed by atoms with van der Waals surface area (Å²) in [6.45, 7) is 6.51. The average molecular weight is 212 g/mol. The van der Waals surface area contributed by atoms with Gasteiger partial charge in [0.2, 0.25) is 0 Å². The minimum absolute atomic E-state index is 0.